The van der Waals surface area contributed by atoms with Gasteiger partial charge in [0.2, 0.25) is 0 Å². The lowest BCUT2D eigenvalue weighted by molar-refractivity contribution is 0.414. The van der Waals surface area contributed by atoms with E-state index in [0.29, 0.717) is 0 Å². The van der Waals surface area contributed by atoms with Gasteiger partial charge >= 0.3 is 0 Å². The van der Waals surface area contributed by atoms with Gasteiger partial charge in [-0.05, 0) is 41.5 Å². The molecule has 0 heterocycles. The number of methoxy groups -OCH3 is 1. The van der Waals surface area contributed by atoms with Gasteiger partial charge in [0, 0.05) is 4.47 Å². The summed E-state index contributed by atoms with van der Waals surface area (Å²) in [4.78, 5) is 0. The summed E-state index contributed by atoms with van der Waals surface area (Å²) in [6, 6.07) is 11.5. The molecular formula is C14H13BrFNO. The van der Waals surface area contributed by atoms with E-state index < -0.39 is 0 Å². The first-order chi connectivity index (χ1) is 8.61. The number of hydrogen-bond donors (Lipinski definition) is 1. The Morgan fingerprint density at radius 3 is 2.44 bits per heavy atom. The number of benzene rings is 2. The van der Waals surface area contributed by atoms with Crippen LogP contribution in [0.1, 0.15) is 17.2 Å². The second-order valence-electron chi connectivity index (χ2n) is 3.92. The second-order valence-corrected chi connectivity index (χ2v) is 4.77. The number of rotatable bonds is 3. The van der Waals surface area contributed by atoms with Crippen molar-refractivity contribution >= 4 is 15.9 Å². The molecule has 0 aromatic heterocycles. The molecule has 2 aromatic rings. The molecule has 2 nitrogen and oxygen atoms in total. The van der Waals surface area contributed by atoms with Gasteiger partial charge in [-0.15, -0.1) is 0 Å². The zero-order valence-electron chi connectivity index (χ0n) is 9.86. The predicted molar refractivity (Wildman–Crippen MR) is 73.1 cm³/mol. The SMILES string of the molecule is COc1ccc(Br)c(C(N)c2ccc(F)cc2)c1. The van der Waals surface area contributed by atoms with Crippen molar-refractivity contribution in [1.82, 2.24) is 0 Å². The highest BCUT2D eigenvalue weighted by Crippen LogP contribution is 2.30. The average Bonchev–Trinajstić information content (AvgIpc) is 2.39. The van der Waals surface area contributed by atoms with Crippen molar-refractivity contribution < 1.29 is 9.13 Å². The number of hydrogen-bond acceptors (Lipinski definition) is 2. The van der Waals surface area contributed by atoms with Crippen LogP contribution in [0.2, 0.25) is 0 Å². The Labute approximate surface area is 114 Å². The van der Waals surface area contributed by atoms with E-state index in [1.165, 1.54) is 12.1 Å². The third kappa shape index (κ3) is 2.71. The minimum absolute atomic E-state index is 0.268. The maximum atomic E-state index is 12.9. The molecule has 18 heavy (non-hydrogen) atoms. The minimum atomic E-state index is -0.324. The van der Waals surface area contributed by atoms with E-state index in [2.05, 4.69) is 15.9 Å². The Balaban J connectivity index is 2.38. The molecule has 0 aliphatic heterocycles. The van der Waals surface area contributed by atoms with Crippen LogP contribution in [-0.2, 0) is 0 Å². The van der Waals surface area contributed by atoms with Crippen molar-refractivity contribution in [2.75, 3.05) is 7.11 Å². The summed E-state index contributed by atoms with van der Waals surface area (Å²) in [5, 5.41) is 0. The van der Waals surface area contributed by atoms with Crippen LogP contribution in [0.3, 0.4) is 0 Å². The predicted octanol–water partition coefficient (Wildman–Crippen LogP) is 3.64. The van der Waals surface area contributed by atoms with E-state index in [9.17, 15) is 4.39 Å². The van der Waals surface area contributed by atoms with Gasteiger partial charge in [0.15, 0.2) is 0 Å². The molecule has 0 saturated carbocycles. The molecule has 94 valence electrons. The van der Waals surface area contributed by atoms with Crippen molar-refractivity contribution in [3.63, 3.8) is 0 Å². The van der Waals surface area contributed by atoms with E-state index in [1.54, 1.807) is 19.2 Å². The third-order valence-electron chi connectivity index (χ3n) is 2.77. The fourth-order valence-corrected chi connectivity index (χ4v) is 2.23. The minimum Gasteiger partial charge on any atom is -0.497 e. The Morgan fingerprint density at radius 2 is 1.83 bits per heavy atom. The van der Waals surface area contributed by atoms with Crippen LogP contribution < -0.4 is 10.5 Å². The summed E-state index contributed by atoms with van der Waals surface area (Å²) < 4.78 is 19.0. The van der Waals surface area contributed by atoms with Crippen LogP contribution in [0, 0.1) is 5.82 Å². The third-order valence-corrected chi connectivity index (χ3v) is 3.49. The Bertz CT molecular complexity index is 542. The highest BCUT2D eigenvalue weighted by atomic mass is 79.9. The van der Waals surface area contributed by atoms with Gasteiger partial charge in [0.1, 0.15) is 11.6 Å². The summed E-state index contributed by atoms with van der Waals surface area (Å²) in [6.45, 7) is 0. The smallest absolute Gasteiger partial charge is 0.123 e. The largest absolute Gasteiger partial charge is 0.497 e. The molecule has 0 fully saturated rings. The van der Waals surface area contributed by atoms with Crippen LogP contribution in [0.15, 0.2) is 46.9 Å². The summed E-state index contributed by atoms with van der Waals surface area (Å²) in [5.41, 5.74) is 7.94. The molecule has 0 bridgehead atoms. The molecule has 1 unspecified atom stereocenters. The molecule has 0 amide bonds. The van der Waals surface area contributed by atoms with Crippen molar-refractivity contribution in [3.05, 3.63) is 63.9 Å². The van der Waals surface area contributed by atoms with E-state index in [4.69, 9.17) is 10.5 Å². The summed E-state index contributed by atoms with van der Waals surface area (Å²) in [7, 11) is 1.61. The molecule has 1 atom stereocenters. The Kier molecular flexibility index (Phi) is 3.99. The summed E-state index contributed by atoms with van der Waals surface area (Å²) in [6.07, 6.45) is 0. The quantitative estimate of drug-likeness (QED) is 0.939. The van der Waals surface area contributed by atoms with Gasteiger partial charge in [-0.3, -0.25) is 0 Å². The van der Waals surface area contributed by atoms with Gasteiger partial charge in [-0.1, -0.05) is 28.1 Å². The first kappa shape index (κ1) is 13.1. The first-order valence-corrected chi connectivity index (χ1v) is 6.25. The second kappa shape index (κ2) is 5.50. The molecule has 0 aliphatic rings. The highest BCUT2D eigenvalue weighted by molar-refractivity contribution is 9.10. The van der Waals surface area contributed by atoms with Gasteiger partial charge in [0.05, 0.1) is 13.2 Å². The summed E-state index contributed by atoms with van der Waals surface area (Å²) >= 11 is 3.46. The van der Waals surface area contributed by atoms with Crippen LogP contribution in [0.4, 0.5) is 4.39 Å². The Hall–Kier alpha value is -1.39. The first-order valence-electron chi connectivity index (χ1n) is 5.46. The van der Waals surface area contributed by atoms with Crippen LogP contribution in [-0.4, -0.2) is 7.11 Å². The molecule has 0 spiro atoms. The molecule has 2 N–H and O–H groups in total. The van der Waals surface area contributed by atoms with E-state index in [0.717, 1.165) is 21.3 Å². The van der Waals surface area contributed by atoms with E-state index >= 15 is 0 Å². The number of nitrogens with two attached hydrogens (primary N) is 1. The average molecular weight is 310 g/mol. The summed E-state index contributed by atoms with van der Waals surface area (Å²) in [5.74, 6) is 0.474. The molecular weight excluding hydrogens is 297 g/mol. The van der Waals surface area contributed by atoms with Gasteiger partial charge in [-0.25, -0.2) is 4.39 Å². The highest BCUT2D eigenvalue weighted by Gasteiger charge is 2.13. The van der Waals surface area contributed by atoms with Crippen molar-refractivity contribution in [3.8, 4) is 5.75 Å². The van der Waals surface area contributed by atoms with Crippen molar-refractivity contribution in [1.29, 1.82) is 0 Å². The fraction of sp³-hybridized carbons (Fsp3) is 0.143. The number of ether oxygens (including phenoxy) is 1. The maximum Gasteiger partial charge on any atom is 0.123 e. The molecule has 0 saturated heterocycles. The normalized spacial score (nSPS) is 12.2. The monoisotopic (exact) mass is 309 g/mol. The number of halogens is 2. The molecule has 4 heteroatoms. The molecule has 2 rings (SSSR count). The van der Waals surface area contributed by atoms with Crippen LogP contribution in [0.5, 0.6) is 5.75 Å². The molecule has 0 radical (unpaired) electrons. The van der Waals surface area contributed by atoms with Crippen LogP contribution >= 0.6 is 15.9 Å². The lowest BCUT2D eigenvalue weighted by Gasteiger charge is -2.15. The van der Waals surface area contributed by atoms with Crippen molar-refractivity contribution in [2.24, 2.45) is 5.73 Å². The maximum absolute atomic E-state index is 12.9. The molecule has 0 aliphatic carbocycles. The van der Waals surface area contributed by atoms with Gasteiger partial charge in [-0.2, -0.15) is 0 Å². The fourth-order valence-electron chi connectivity index (χ4n) is 1.74. The zero-order chi connectivity index (χ0) is 13.1. The van der Waals surface area contributed by atoms with E-state index in [-0.39, 0.29) is 11.9 Å². The lowest BCUT2D eigenvalue weighted by atomic mass is 9.99. The topological polar surface area (TPSA) is 35.2 Å². The van der Waals surface area contributed by atoms with Gasteiger partial charge < -0.3 is 10.5 Å². The van der Waals surface area contributed by atoms with Crippen molar-refractivity contribution in [2.45, 2.75) is 6.04 Å². The lowest BCUT2D eigenvalue weighted by Crippen LogP contribution is -2.12. The molecule has 2 aromatic carbocycles. The standard InChI is InChI=1S/C14H13BrFNO/c1-18-11-6-7-13(15)12(8-11)14(17)9-2-4-10(16)5-3-9/h2-8,14H,17H2,1H3. The van der Waals surface area contributed by atoms with Crippen LogP contribution in [0.25, 0.3) is 0 Å². The van der Waals surface area contributed by atoms with Gasteiger partial charge in [0.25, 0.3) is 0 Å². The zero-order valence-corrected chi connectivity index (χ0v) is 11.4. The Morgan fingerprint density at radius 1 is 1.17 bits per heavy atom. The van der Waals surface area contributed by atoms with E-state index in [1.807, 2.05) is 18.2 Å².